The Morgan fingerprint density at radius 2 is 1.57 bits per heavy atom. The molecule has 0 aromatic carbocycles. The van der Waals surface area contributed by atoms with Crippen LogP contribution in [-0.4, -0.2) is 7.28 Å². The molecule has 1 saturated heterocycles. The van der Waals surface area contributed by atoms with Gasteiger partial charge >= 0.3 is 0 Å². The van der Waals surface area contributed by atoms with Crippen LogP contribution in [0.4, 0.5) is 0 Å². The topological polar surface area (TPSA) is 0 Å². The summed E-state index contributed by atoms with van der Waals surface area (Å²) in [5.41, 5.74) is 0. The van der Waals surface area contributed by atoms with E-state index in [-0.39, 0.29) is 0 Å². The van der Waals surface area contributed by atoms with E-state index in [1.807, 2.05) is 0 Å². The number of rotatable bonds is 0. The highest BCUT2D eigenvalue weighted by Crippen LogP contribution is 2.26. The van der Waals surface area contributed by atoms with E-state index in [1.54, 1.807) is 0 Å². The molecule has 0 aromatic rings. The van der Waals surface area contributed by atoms with Gasteiger partial charge in [0.2, 0.25) is 0 Å². The van der Waals surface area contributed by atoms with Gasteiger partial charge < -0.3 is 0 Å². The third-order valence-electron chi connectivity index (χ3n) is 2.29. The summed E-state index contributed by atoms with van der Waals surface area (Å²) in [5.74, 6) is 2.03. The SMILES string of the molecule is CC1CBCC1C. The lowest BCUT2D eigenvalue weighted by Crippen LogP contribution is -1.94. The molecular weight excluding hydrogens is 82.9 g/mol. The second-order valence-electron chi connectivity index (χ2n) is 2.89. The maximum Gasteiger partial charge on any atom is 0.121 e. The molecule has 0 aliphatic carbocycles. The molecule has 1 heterocycles. The molecule has 40 valence electrons. The Hall–Kier alpha value is 0.0649. The molecule has 1 heteroatoms. The number of hydrogen-bond acceptors (Lipinski definition) is 0. The van der Waals surface area contributed by atoms with Gasteiger partial charge in [-0.3, -0.25) is 0 Å². The van der Waals surface area contributed by atoms with Crippen molar-refractivity contribution >= 4 is 7.28 Å². The molecule has 1 rings (SSSR count). The van der Waals surface area contributed by atoms with Crippen LogP contribution in [0.1, 0.15) is 13.8 Å². The first kappa shape index (κ1) is 5.21. The Kier molecular flexibility index (Phi) is 1.41. The molecule has 1 aliphatic heterocycles. The largest absolute Gasteiger partial charge is 0.121 e. The van der Waals surface area contributed by atoms with E-state index in [4.69, 9.17) is 0 Å². The van der Waals surface area contributed by atoms with Crippen LogP contribution in [0.25, 0.3) is 0 Å². The zero-order chi connectivity index (χ0) is 5.28. The van der Waals surface area contributed by atoms with Gasteiger partial charge in [-0.15, -0.1) is 0 Å². The molecule has 0 spiro atoms. The van der Waals surface area contributed by atoms with Crippen molar-refractivity contribution < 1.29 is 0 Å². The molecular formula is C6H13B. The van der Waals surface area contributed by atoms with Gasteiger partial charge in [0.15, 0.2) is 0 Å². The monoisotopic (exact) mass is 96.1 g/mol. The summed E-state index contributed by atoms with van der Waals surface area (Å²) >= 11 is 0. The van der Waals surface area contributed by atoms with Crippen molar-refractivity contribution in [1.29, 1.82) is 0 Å². The van der Waals surface area contributed by atoms with Crippen LogP contribution in [0.5, 0.6) is 0 Å². The molecule has 1 fully saturated rings. The Morgan fingerprint density at radius 1 is 1.14 bits per heavy atom. The van der Waals surface area contributed by atoms with Crippen LogP contribution in [0.3, 0.4) is 0 Å². The highest BCUT2D eigenvalue weighted by Gasteiger charge is 2.18. The summed E-state index contributed by atoms with van der Waals surface area (Å²) in [6.07, 6.45) is 2.95. The Balaban J connectivity index is 2.33. The van der Waals surface area contributed by atoms with Crippen molar-refractivity contribution in [2.75, 3.05) is 0 Å². The molecule has 1 aliphatic rings. The molecule has 2 atom stereocenters. The Morgan fingerprint density at radius 3 is 1.71 bits per heavy atom. The summed E-state index contributed by atoms with van der Waals surface area (Å²) in [7, 11) is 1.47. The third-order valence-corrected chi connectivity index (χ3v) is 2.29. The number of hydrogen-bond donors (Lipinski definition) is 0. The first-order valence-corrected chi connectivity index (χ1v) is 3.30. The molecule has 7 heavy (non-hydrogen) atoms. The lowest BCUT2D eigenvalue weighted by Gasteiger charge is -2.05. The summed E-state index contributed by atoms with van der Waals surface area (Å²) in [4.78, 5) is 0. The fourth-order valence-electron chi connectivity index (χ4n) is 1.33. The predicted octanol–water partition coefficient (Wildman–Crippen LogP) is 1.55. The van der Waals surface area contributed by atoms with E-state index in [2.05, 4.69) is 13.8 Å². The van der Waals surface area contributed by atoms with E-state index >= 15 is 0 Å². The second kappa shape index (κ2) is 1.89. The van der Waals surface area contributed by atoms with Crippen LogP contribution in [0, 0.1) is 11.8 Å². The molecule has 0 nitrogen and oxygen atoms in total. The fraction of sp³-hybridized carbons (Fsp3) is 1.00. The van der Waals surface area contributed by atoms with Gasteiger partial charge in [0.25, 0.3) is 0 Å². The lowest BCUT2D eigenvalue weighted by atomic mass is 9.76. The Bertz CT molecular complexity index is 53.2. The zero-order valence-electron chi connectivity index (χ0n) is 5.28. The molecule has 0 N–H and O–H groups in total. The minimum atomic E-state index is 1.01. The van der Waals surface area contributed by atoms with E-state index in [9.17, 15) is 0 Å². The summed E-state index contributed by atoms with van der Waals surface area (Å²) in [6, 6.07) is 0. The molecule has 0 amide bonds. The van der Waals surface area contributed by atoms with E-state index in [0.717, 1.165) is 11.8 Å². The summed E-state index contributed by atoms with van der Waals surface area (Å²) < 4.78 is 0. The normalized spacial score (nSPS) is 40.9. The molecule has 0 aromatic heterocycles. The first-order chi connectivity index (χ1) is 3.30. The van der Waals surface area contributed by atoms with Crippen molar-refractivity contribution in [2.24, 2.45) is 11.8 Å². The fourth-order valence-corrected chi connectivity index (χ4v) is 1.33. The van der Waals surface area contributed by atoms with Crippen molar-refractivity contribution in [3.8, 4) is 0 Å². The Labute approximate surface area is 46.5 Å². The standard InChI is InChI=1S/C6H13B/c1-5-3-7-4-6(5)2/h5-7H,3-4H2,1-2H3. The van der Waals surface area contributed by atoms with Crippen molar-refractivity contribution in [1.82, 2.24) is 0 Å². The third kappa shape index (κ3) is 0.989. The van der Waals surface area contributed by atoms with Gasteiger partial charge in [0.05, 0.1) is 0 Å². The van der Waals surface area contributed by atoms with Crippen LogP contribution in [0.15, 0.2) is 0 Å². The molecule has 0 saturated carbocycles. The van der Waals surface area contributed by atoms with Gasteiger partial charge in [-0.05, 0) is 11.8 Å². The van der Waals surface area contributed by atoms with E-state index in [1.165, 1.54) is 19.9 Å². The van der Waals surface area contributed by atoms with Gasteiger partial charge in [-0.2, -0.15) is 0 Å². The average Bonchev–Trinajstić information content (AvgIpc) is 1.91. The minimum absolute atomic E-state index is 1.01. The predicted molar refractivity (Wildman–Crippen MR) is 35.1 cm³/mol. The van der Waals surface area contributed by atoms with E-state index in [0.29, 0.717) is 0 Å². The van der Waals surface area contributed by atoms with Crippen molar-refractivity contribution in [3.63, 3.8) is 0 Å². The van der Waals surface area contributed by atoms with Gasteiger partial charge in [-0.25, -0.2) is 0 Å². The first-order valence-electron chi connectivity index (χ1n) is 3.30. The van der Waals surface area contributed by atoms with Crippen molar-refractivity contribution in [3.05, 3.63) is 0 Å². The summed E-state index contributed by atoms with van der Waals surface area (Å²) in [5, 5.41) is 0. The molecule has 2 unspecified atom stereocenters. The highest BCUT2D eigenvalue weighted by atomic mass is 14.1. The zero-order valence-corrected chi connectivity index (χ0v) is 5.28. The van der Waals surface area contributed by atoms with E-state index < -0.39 is 0 Å². The van der Waals surface area contributed by atoms with Gasteiger partial charge in [0.1, 0.15) is 7.28 Å². The van der Waals surface area contributed by atoms with Crippen LogP contribution in [-0.2, 0) is 0 Å². The molecule has 0 bridgehead atoms. The smallest absolute Gasteiger partial charge is 0.0746 e. The van der Waals surface area contributed by atoms with Crippen LogP contribution in [0.2, 0.25) is 12.6 Å². The van der Waals surface area contributed by atoms with Crippen molar-refractivity contribution in [2.45, 2.75) is 26.5 Å². The summed E-state index contributed by atoms with van der Waals surface area (Å²) in [6.45, 7) is 4.72. The van der Waals surface area contributed by atoms with Crippen LogP contribution >= 0.6 is 0 Å². The minimum Gasteiger partial charge on any atom is -0.0746 e. The quantitative estimate of drug-likeness (QED) is 0.401. The average molecular weight is 96.0 g/mol. The van der Waals surface area contributed by atoms with Gasteiger partial charge in [0, 0.05) is 0 Å². The highest BCUT2D eigenvalue weighted by molar-refractivity contribution is 6.36. The van der Waals surface area contributed by atoms with Crippen LogP contribution < -0.4 is 0 Å². The maximum absolute atomic E-state index is 2.36. The lowest BCUT2D eigenvalue weighted by molar-refractivity contribution is 0.486. The molecule has 0 radical (unpaired) electrons. The maximum atomic E-state index is 2.36. The second-order valence-corrected chi connectivity index (χ2v) is 2.89. The van der Waals surface area contributed by atoms with Gasteiger partial charge in [-0.1, -0.05) is 26.5 Å².